The predicted octanol–water partition coefficient (Wildman–Crippen LogP) is -0.00748. The summed E-state index contributed by atoms with van der Waals surface area (Å²) in [6, 6.07) is 3.92. The number of carbonyl (C=O) groups is 1. The van der Waals surface area contributed by atoms with Gasteiger partial charge in [-0.2, -0.15) is 14.9 Å². The molecule has 106 valence electrons. The zero-order chi connectivity index (χ0) is 15.1. The molecule has 2 heterocycles. The van der Waals surface area contributed by atoms with Crippen LogP contribution in [0.15, 0.2) is 28.1 Å². The van der Waals surface area contributed by atoms with Gasteiger partial charge in [-0.25, -0.2) is 9.89 Å². The normalized spacial score (nSPS) is 15.1. The van der Waals surface area contributed by atoms with Crippen LogP contribution in [-0.2, 0) is 4.79 Å². The number of hydrogen-bond acceptors (Lipinski definition) is 6. The van der Waals surface area contributed by atoms with E-state index in [4.69, 9.17) is 0 Å². The molecule has 0 bridgehead atoms. The molecule has 1 aliphatic heterocycles. The number of nitrogens with zero attached hydrogens (tertiary/aromatic N) is 4. The first-order valence-electron chi connectivity index (χ1n) is 5.80. The second kappa shape index (κ2) is 4.37. The van der Waals surface area contributed by atoms with Crippen molar-refractivity contribution in [2.24, 2.45) is 5.10 Å². The molecule has 0 spiro atoms. The van der Waals surface area contributed by atoms with Gasteiger partial charge >= 0.3 is 5.69 Å². The lowest BCUT2D eigenvalue weighted by atomic mass is 10.1. The number of nitro benzene ring substituents is 1. The number of fused-ring (bicyclic) bond motifs is 1. The standard InChI is InChI=1S/C11H8N6O4/c1-5-13-14-11(19)16(5)15-9-7-4-6(17(20)21)2-3-8(7)12-10(9)18/h2-4H,1H3,(H,14,19)(H,12,15,18). The Hall–Kier alpha value is -3.30. The van der Waals surface area contributed by atoms with Gasteiger partial charge in [0.05, 0.1) is 10.6 Å². The van der Waals surface area contributed by atoms with Crippen molar-refractivity contribution in [2.45, 2.75) is 6.92 Å². The molecule has 3 rings (SSSR count). The fourth-order valence-corrected chi connectivity index (χ4v) is 1.94. The number of aromatic nitrogens is 3. The Bertz CT molecular complexity index is 862. The number of non-ortho nitro benzene ring substituents is 1. The molecule has 2 aromatic rings. The maximum atomic E-state index is 11.9. The number of carbonyl (C=O) groups excluding carboxylic acids is 1. The number of aryl methyl sites for hydroxylation is 1. The fourth-order valence-electron chi connectivity index (χ4n) is 1.94. The Morgan fingerprint density at radius 2 is 2.14 bits per heavy atom. The molecular formula is C11H8N6O4. The molecule has 0 unspecified atom stereocenters. The van der Waals surface area contributed by atoms with Crippen molar-refractivity contribution in [1.29, 1.82) is 0 Å². The van der Waals surface area contributed by atoms with Gasteiger partial charge in [-0.15, -0.1) is 0 Å². The number of nitro groups is 1. The summed E-state index contributed by atoms with van der Waals surface area (Å²) in [5.41, 5.74) is -0.193. The highest BCUT2D eigenvalue weighted by Crippen LogP contribution is 2.27. The van der Waals surface area contributed by atoms with Gasteiger partial charge in [0.25, 0.3) is 11.6 Å². The number of nitrogens with one attached hydrogen (secondary N) is 2. The summed E-state index contributed by atoms with van der Waals surface area (Å²) >= 11 is 0. The van der Waals surface area contributed by atoms with Crippen molar-refractivity contribution in [2.75, 3.05) is 5.32 Å². The summed E-state index contributed by atoms with van der Waals surface area (Å²) in [5, 5.41) is 23.1. The van der Waals surface area contributed by atoms with Crippen LogP contribution in [0.2, 0.25) is 0 Å². The highest BCUT2D eigenvalue weighted by Gasteiger charge is 2.28. The van der Waals surface area contributed by atoms with E-state index in [1.54, 1.807) is 0 Å². The summed E-state index contributed by atoms with van der Waals surface area (Å²) in [6.07, 6.45) is 0. The predicted molar refractivity (Wildman–Crippen MR) is 71.2 cm³/mol. The Morgan fingerprint density at radius 1 is 1.38 bits per heavy atom. The summed E-state index contributed by atoms with van der Waals surface area (Å²) in [4.78, 5) is 33.7. The molecule has 1 aromatic heterocycles. The van der Waals surface area contributed by atoms with Crippen molar-refractivity contribution in [3.63, 3.8) is 0 Å². The maximum absolute atomic E-state index is 11.9. The number of H-pyrrole nitrogens is 1. The first kappa shape index (κ1) is 12.7. The van der Waals surface area contributed by atoms with Gasteiger partial charge in [0, 0.05) is 17.7 Å². The van der Waals surface area contributed by atoms with E-state index in [1.807, 2.05) is 0 Å². The van der Waals surface area contributed by atoms with E-state index < -0.39 is 16.5 Å². The lowest BCUT2D eigenvalue weighted by Gasteiger charge is -1.98. The number of amides is 1. The maximum Gasteiger partial charge on any atom is 0.364 e. The molecule has 0 radical (unpaired) electrons. The van der Waals surface area contributed by atoms with E-state index in [9.17, 15) is 19.7 Å². The van der Waals surface area contributed by atoms with E-state index in [0.717, 1.165) is 4.68 Å². The van der Waals surface area contributed by atoms with Crippen LogP contribution >= 0.6 is 0 Å². The largest absolute Gasteiger partial charge is 0.364 e. The average Bonchev–Trinajstić information content (AvgIpc) is 2.92. The number of anilines is 1. The molecular weight excluding hydrogens is 280 g/mol. The molecule has 21 heavy (non-hydrogen) atoms. The average molecular weight is 288 g/mol. The van der Waals surface area contributed by atoms with Crippen LogP contribution in [0, 0.1) is 17.0 Å². The van der Waals surface area contributed by atoms with Gasteiger partial charge in [0.15, 0.2) is 11.5 Å². The third-order valence-corrected chi connectivity index (χ3v) is 2.94. The second-order valence-electron chi connectivity index (χ2n) is 4.28. The van der Waals surface area contributed by atoms with Crippen molar-refractivity contribution in [1.82, 2.24) is 14.9 Å². The molecule has 2 N–H and O–H groups in total. The van der Waals surface area contributed by atoms with E-state index >= 15 is 0 Å². The number of aromatic amines is 1. The van der Waals surface area contributed by atoms with Crippen LogP contribution in [0.25, 0.3) is 0 Å². The zero-order valence-corrected chi connectivity index (χ0v) is 10.7. The SMILES string of the molecule is Cc1n[nH]c(=O)n1/N=C1/C(=O)Nc2ccc([N+](=O)[O-])cc21. The van der Waals surface area contributed by atoms with Crippen LogP contribution in [0.3, 0.4) is 0 Å². The van der Waals surface area contributed by atoms with Gasteiger partial charge in [0.2, 0.25) is 0 Å². The Morgan fingerprint density at radius 3 is 2.76 bits per heavy atom. The van der Waals surface area contributed by atoms with E-state index in [-0.39, 0.29) is 22.8 Å². The third kappa shape index (κ3) is 1.98. The monoisotopic (exact) mass is 288 g/mol. The summed E-state index contributed by atoms with van der Waals surface area (Å²) in [7, 11) is 0. The van der Waals surface area contributed by atoms with Crippen molar-refractivity contribution in [3.05, 3.63) is 50.2 Å². The molecule has 10 nitrogen and oxygen atoms in total. The topological polar surface area (TPSA) is 135 Å². The fraction of sp³-hybridized carbons (Fsp3) is 0.0909. The van der Waals surface area contributed by atoms with Crippen LogP contribution in [-0.4, -0.2) is 31.4 Å². The summed E-state index contributed by atoms with van der Waals surface area (Å²) in [6.45, 7) is 1.53. The highest BCUT2D eigenvalue weighted by atomic mass is 16.6. The smallest absolute Gasteiger partial charge is 0.320 e. The van der Waals surface area contributed by atoms with Gasteiger partial charge in [-0.3, -0.25) is 14.9 Å². The zero-order valence-electron chi connectivity index (χ0n) is 10.7. The third-order valence-electron chi connectivity index (χ3n) is 2.94. The number of benzene rings is 1. The Kier molecular flexibility index (Phi) is 2.65. The van der Waals surface area contributed by atoms with Crippen LogP contribution < -0.4 is 11.0 Å². The van der Waals surface area contributed by atoms with Gasteiger partial charge in [-0.1, -0.05) is 0 Å². The van der Waals surface area contributed by atoms with E-state index in [1.165, 1.54) is 25.1 Å². The lowest BCUT2D eigenvalue weighted by molar-refractivity contribution is -0.384. The highest BCUT2D eigenvalue weighted by molar-refractivity contribution is 6.53. The van der Waals surface area contributed by atoms with E-state index in [0.29, 0.717) is 5.69 Å². The molecule has 0 saturated carbocycles. The van der Waals surface area contributed by atoms with Crippen LogP contribution in [0.5, 0.6) is 0 Å². The van der Waals surface area contributed by atoms with Gasteiger partial charge in [-0.05, 0) is 13.0 Å². The van der Waals surface area contributed by atoms with Gasteiger partial charge < -0.3 is 5.32 Å². The first-order chi connectivity index (χ1) is 9.97. The molecule has 1 amide bonds. The quantitative estimate of drug-likeness (QED) is 0.591. The Balaban J connectivity index is 2.18. The molecule has 1 aliphatic rings. The number of hydrogen-bond donors (Lipinski definition) is 2. The summed E-state index contributed by atoms with van der Waals surface area (Å²) < 4.78 is 0.919. The van der Waals surface area contributed by atoms with Crippen molar-refractivity contribution < 1.29 is 9.72 Å². The second-order valence-corrected chi connectivity index (χ2v) is 4.28. The molecule has 0 aliphatic carbocycles. The summed E-state index contributed by atoms with van der Waals surface area (Å²) in [5.74, 6) is -0.280. The molecule has 10 heteroatoms. The van der Waals surface area contributed by atoms with Crippen molar-refractivity contribution >= 4 is 23.0 Å². The minimum Gasteiger partial charge on any atom is -0.320 e. The number of rotatable bonds is 2. The molecule has 0 fully saturated rings. The van der Waals surface area contributed by atoms with Crippen molar-refractivity contribution in [3.8, 4) is 0 Å². The molecule has 0 atom stereocenters. The van der Waals surface area contributed by atoms with Crippen LogP contribution in [0.1, 0.15) is 11.4 Å². The first-order valence-corrected chi connectivity index (χ1v) is 5.80. The van der Waals surface area contributed by atoms with Gasteiger partial charge in [0.1, 0.15) is 0 Å². The van der Waals surface area contributed by atoms with Crippen LogP contribution in [0.4, 0.5) is 11.4 Å². The minimum absolute atomic E-state index is 0.0831. The lowest BCUT2D eigenvalue weighted by Crippen LogP contribution is -2.20. The van der Waals surface area contributed by atoms with E-state index in [2.05, 4.69) is 20.6 Å². The Labute approximate surface area is 116 Å². The molecule has 1 aromatic carbocycles. The molecule has 0 saturated heterocycles. The minimum atomic E-state index is -0.605.